The number of aromatic amines is 1. The molecule has 0 amide bonds. The molecule has 0 aliphatic rings. The number of nitrogens with one attached hydrogen (secondary N) is 1. The minimum Gasteiger partial charge on any atom is -0.347 e. The Morgan fingerprint density at radius 2 is 1.88 bits per heavy atom. The molecule has 0 aliphatic heterocycles. The highest BCUT2D eigenvalue weighted by atomic mass is 32.1. The second-order valence-electron chi connectivity index (χ2n) is 4.34. The summed E-state index contributed by atoms with van der Waals surface area (Å²) < 4.78 is 0.699. The van der Waals surface area contributed by atoms with Crippen molar-refractivity contribution in [1.29, 1.82) is 0 Å². The highest BCUT2D eigenvalue weighted by molar-refractivity contribution is 7.71. The number of aryl methyl sites for hydroxylation is 2. The first kappa shape index (κ1) is 12.0. The van der Waals surface area contributed by atoms with Gasteiger partial charge in [-0.15, -0.1) is 0 Å². The van der Waals surface area contributed by atoms with Crippen LogP contribution in [0.15, 0.2) is 24.3 Å². The van der Waals surface area contributed by atoms with Gasteiger partial charge in [0.15, 0.2) is 0 Å². The molecule has 88 valence electrons. The Labute approximate surface area is 107 Å². The lowest BCUT2D eigenvalue weighted by molar-refractivity contribution is 0.913. The average molecular weight is 244 g/mol. The first-order valence-electron chi connectivity index (χ1n) is 5.69. The molecular formula is C14H16N2S. The summed E-state index contributed by atoms with van der Waals surface area (Å²) in [5.41, 5.74) is 4.74. The van der Waals surface area contributed by atoms with E-state index in [-0.39, 0.29) is 0 Å². The Bertz CT molecular complexity index is 599. The number of aromatic nitrogens is 2. The van der Waals surface area contributed by atoms with E-state index in [1.165, 1.54) is 11.1 Å². The zero-order chi connectivity index (χ0) is 12.4. The monoisotopic (exact) mass is 244 g/mol. The van der Waals surface area contributed by atoms with Crippen molar-refractivity contribution in [2.45, 2.75) is 27.2 Å². The standard InChI is InChI=1S/C14H16N2S/c1-9-6-4-5-7-12(9)8-13-15-11(3)10(2)14(17)16-13/h4-7H,8H2,1-3H3,(H,15,16,17). The number of benzene rings is 1. The maximum atomic E-state index is 5.25. The van der Waals surface area contributed by atoms with Crippen molar-refractivity contribution >= 4 is 12.2 Å². The predicted molar refractivity (Wildman–Crippen MR) is 72.9 cm³/mol. The van der Waals surface area contributed by atoms with E-state index in [9.17, 15) is 0 Å². The normalized spacial score (nSPS) is 10.5. The van der Waals surface area contributed by atoms with Crippen LogP contribution in [0.2, 0.25) is 0 Å². The Morgan fingerprint density at radius 3 is 2.53 bits per heavy atom. The Morgan fingerprint density at radius 1 is 1.18 bits per heavy atom. The second kappa shape index (κ2) is 4.80. The summed E-state index contributed by atoms with van der Waals surface area (Å²) in [5.74, 6) is 0.937. The molecule has 0 unspecified atom stereocenters. The number of rotatable bonds is 2. The third-order valence-electron chi connectivity index (χ3n) is 3.07. The van der Waals surface area contributed by atoms with Crippen LogP contribution in [0, 0.1) is 25.4 Å². The van der Waals surface area contributed by atoms with E-state index in [4.69, 9.17) is 12.2 Å². The Kier molecular flexibility index (Phi) is 3.38. The van der Waals surface area contributed by atoms with Gasteiger partial charge in [0.25, 0.3) is 0 Å². The van der Waals surface area contributed by atoms with Crippen molar-refractivity contribution in [2.75, 3.05) is 0 Å². The van der Waals surface area contributed by atoms with Crippen molar-refractivity contribution < 1.29 is 0 Å². The lowest BCUT2D eigenvalue weighted by Crippen LogP contribution is -2.02. The minimum atomic E-state index is 0.699. The van der Waals surface area contributed by atoms with Gasteiger partial charge >= 0.3 is 0 Å². The molecule has 1 N–H and O–H groups in total. The highest BCUT2D eigenvalue weighted by Gasteiger charge is 2.04. The van der Waals surface area contributed by atoms with Gasteiger partial charge in [-0.2, -0.15) is 0 Å². The molecule has 1 heterocycles. The van der Waals surface area contributed by atoms with Crippen LogP contribution < -0.4 is 0 Å². The largest absolute Gasteiger partial charge is 0.347 e. The Balaban J connectivity index is 2.38. The third-order valence-corrected chi connectivity index (χ3v) is 3.47. The summed E-state index contributed by atoms with van der Waals surface area (Å²) >= 11 is 5.25. The van der Waals surface area contributed by atoms with Crippen LogP contribution in [0.25, 0.3) is 0 Å². The molecular weight excluding hydrogens is 228 g/mol. The van der Waals surface area contributed by atoms with Gasteiger partial charge < -0.3 is 4.98 Å². The molecule has 0 bridgehead atoms. The number of nitrogens with zero attached hydrogens (tertiary/aromatic N) is 1. The van der Waals surface area contributed by atoms with Crippen molar-refractivity contribution in [3.05, 3.63) is 57.1 Å². The fraction of sp³-hybridized carbons (Fsp3) is 0.286. The molecule has 0 spiro atoms. The van der Waals surface area contributed by atoms with E-state index >= 15 is 0 Å². The molecule has 0 aliphatic carbocycles. The van der Waals surface area contributed by atoms with Gasteiger partial charge in [-0.05, 0) is 31.9 Å². The Hall–Kier alpha value is -1.48. The average Bonchev–Trinajstić information content (AvgIpc) is 2.29. The molecule has 0 saturated heterocycles. The van der Waals surface area contributed by atoms with E-state index in [0.29, 0.717) is 4.64 Å². The molecule has 2 aromatic rings. The quantitative estimate of drug-likeness (QED) is 0.817. The fourth-order valence-corrected chi connectivity index (χ4v) is 2.04. The van der Waals surface area contributed by atoms with Crippen LogP contribution in [0.1, 0.15) is 28.2 Å². The molecule has 0 fully saturated rings. The molecule has 2 rings (SSSR count). The van der Waals surface area contributed by atoms with Crippen LogP contribution in [0.4, 0.5) is 0 Å². The van der Waals surface area contributed by atoms with Gasteiger partial charge in [0.05, 0.1) is 0 Å². The molecule has 0 radical (unpaired) electrons. The maximum absolute atomic E-state index is 5.25. The van der Waals surface area contributed by atoms with Gasteiger partial charge in [0.1, 0.15) is 10.5 Å². The van der Waals surface area contributed by atoms with Crippen LogP contribution >= 0.6 is 12.2 Å². The summed E-state index contributed by atoms with van der Waals surface area (Å²) in [5, 5.41) is 0. The van der Waals surface area contributed by atoms with Crippen LogP contribution in [0.3, 0.4) is 0 Å². The van der Waals surface area contributed by atoms with Crippen LogP contribution in [-0.4, -0.2) is 9.97 Å². The van der Waals surface area contributed by atoms with E-state index < -0.39 is 0 Å². The molecule has 17 heavy (non-hydrogen) atoms. The molecule has 2 nitrogen and oxygen atoms in total. The first-order chi connectivity index (χ1) is 8.08. The van der Waals surface area contributed by atoms with Crippen molar-refractivity contribution in [3.63, 3.8) is 0 Å². The summed E-state index contributed by atoms with van der Waals surface area (Å²) in [6.45, 7) is 6.15. The molecule has 1 aromatic heterocycles. The first-order valence-corrected chi connectivity index (χ1v) is 6.09. The van der Waals surface area contributed by atoms with E-state index in [2.05, 4.69) is 41.2 Å². The summed E-state index contributed by atoms with van der Waals surface area (Å²) in [7, 11) is 0. The van der Waals surface area contributed by atoms with Gasteiger partial charge in [-0.1, -0.05) is 36.5 Å². The fourth-order valence-electron chi connectivity index (χ4n) is 1.78. The second-order valence-corrected chi connectivity index (χ2v) is 4.73. The van der Waals surface area contributed by atoms with Gasteiger partial charge in [0.2, 0.25) is 0 Å². The summed E-state index contributed by atoms with van der Waals surface area (Å²) in [4.78, 5) is 7.74. The summed E-state index contributed by atoms with van der Waals surface area (Å²) in [6, 6.07) is 8.35. The lowest BCUT2D eigenvalue weighted by Gasteiger charge is -2.07. The van der Waals surface area contributed by atoms with Crippen molar-refractivity contribution in [2.24, 2.45) is 0 Å². The topological polar surface area (TPSA) is 28.7 Å². The zero-order valence-electron chi connectivity index (χ0n) is 10.4. The van der Waals surface area contributed by atoms with Crippen LogP contribution in [-0.2, 0) is 6.42 Å². The van der Waals surface area contributed by atoms with Crippen molar-refractivity contribution in [3.8, 4) is 0 Å². The number of H-pyrrole nitrogens is 1. The lowest BCUT2D eigenvalue weighted by atomic mass is 10.1. The minimum absolute atomic E-state index is 0.699. The summed E-state index contributed by atoms with van der Waals surface area (Å²) in [6.07, 6.45) is 0.803. The van der Waals surface area contributed by atoms with Gasteiger partial charge in [-0.3, -0.25) is 0 Å². The number of hydrogen-bond donors (Lipinski definition) is 1. The highest BCUT2D eigenvalue weighted by Crippen LogP contribution is 2.12. The van der Waals surface area contributed by atoms with E-state index in [1.807, 2.05) is 13.8 Å². The molecule has 0 atom stereocenters. The SMILES string of the molecule is Cc1ccccc1Cc1nc(=S)c(C)c(C)[nH]1. The van der Waals surface area contributed by atoms with Crippen molar-refractivity contribution in [1.82, 2.24) is 9.97 Å². The molecule has 0 saturated carbocycles. The predicted octanol–water partition coefficient (Wildman–Crippen LogP) is 3.66. The van der Waals surface area contributed by atoms with E-state index in [1.54, 1.807) is 0 Å². The number of hydrogen-bond acceptors (Lipinski definition) is 2. The van der Waals surface area contributed by atoms with Crippen LogP contribution in [0.5, 0.6) is 0 Å². The maximum Gasteiger partial charge on any atom is 0.132 e. The zero-order valence-corrected chi connectivity index (χ0v) is 11.2. The smallest absolute Gasteiger partial charge is 0.132 e. The molecule has 3 heteroatoms. The van der Waals surface area contributed by atoms with E-state index in [0.717, 1.165) is 23.5 Å². The van der Waals surface area contributed by atoms with Gasteiger partial charge in [0, 0.05) is 17.7 Å². The third kappa shape index (κ3) is 2.61. The van der Waals surface area contributed by atoms with Gasteiger partial charge in [-0.25, -0.2) is 4.98 Å². The molecule has 1 aromatic carbocycles.